The van der Waals surface area contributed by atoms with Gasteiger partial charge >= 0.3 is 0 Å². The smallest absolute Gasteiger partial charge is 0.0295 e. The highest BCUT2D eigenvalue weighted by molar-refractivity contribution is 4.93. The summed E-state index contributed by atoms with van der Waals surface area (Å²) in [5.41, 5.74) is 0.790. The summed E-state index contributed by atoms with van der Waals surface area (Å²) in [6, 6.07) is 0. The summed E-state index contributed by atoms with van der Waals surface area (Å²) >= 11 is 0. The minimum atomic E-state index is 0.790. The summed E-state index contributed by atoms with van der Waals surface area (Å²) in [6.45, 7) is 4.75. The minimum Gasteiger partial charge on any atom is -0.0654 e. The number of hydrogen-bond acceptors (Lipinski definition) is 0. The van der Waals surface area contributed by atoms with Crippen LogP contribution in [0.15, 0.2) is 0 Å². The summed E-state index contributed by atoms with van der Waals surface area (Å²) in [5.74, 6) is 2.23. The predicted octanol–water partition coefficient (Wildman–Crippen LogP) is 5.17. The lowest BCUT2D eigenvalue weighted by Gasteiger charge is -2.49. The fourth-order valence-electron chi connectivity index (χ4n) is 4.25. The van der Waals surface area contributed by atoms with Crippen molar-refractivity contribution < 1.29 is 0 Å². The molecule has 0 heterocycles. The van der Waals surface area contributed by atoms with Crippen LogP contribution in [-0.4, -0.2) is 0 Å². The Kier molecular flexibility index (Phi) is 3.74. The van der Waals surface area contributed by atoms with Crippen LogP contribution in [0.3, 0.4) is 0 Å². The zero-order chi connectivity index (χ0) is 10.7. The first kappa shape index (κ1) is 11.5. The topological polar surface area (TPSA) is 0 Å². The SMILES string of the molecule is CCCC1(CC)CC(CC2CCCC2)C1. The standard InChI is InChI=1S/C15H28/c1-3-9-15(4-2)11-14(12-15)10-13-7-5-6-8-13/h13-14H,3-12H2,1-2H3. The molecule has 2 saturated carbocycles. The summed E-state index contributed by atoms with van der Waals surface area (Å²) < 4.78 is 0. The van der Waals surface area contributed by atoms with Gasteiger partial charge in [0.1, 0.15) is 0 Å². The van der Waals surface area contributed by atoms with Crippen LogP contribution in [0, 0.1) is 17.3 Å². The molecule has 0 saturated heterocycles. The maximum absolute atomic E-state index is 2.40. The van der Waals surface area contributed by atoms with Gasteiger partial charge in [0, 0.05) is 0 Å². The molecular weight excluding hydrogens is 180 g/mol. The van der Waals surface area contributed by atoms with Crippen LogP contribution < -0.4 is 0 Å². The highest BCUT2D eigenvalue weighted by Crippen LogP contribution is 2.54. The Morgan fingerprint density at radius 2 is 1.67 bits per heavy atom. The van der Waals surface area contributed by atoms with Crippen LogP contribution >= 0.6 is 0 Å². The third-order valence-electron chi connectivity index (χ3n) is 5.12. The van der Waals surface area contributed by atoms with Gasteiger partial charge in [-0.2, -0.15) is 0 Å². The highest BCUT2D eigenvalue weighted by atomic mass is 14.5. The second-order valence-corrected chi connectivity index (χ2v) is 6.26. The normalized spacial score (nSPS) is 36.8. The maximum Gasteiger partial charge on any atom is -0.0295 e. The largest absolute Gasteiger partial charge is 0.0654 e. The molecule has 0 aromatic rings. The van der Waals surface area contributed by atoms with Crippen molar-refractivity contribution >= 4 is 0 Å². The molecule has 88 valence electrons. The Morgan fingerprint density at radius 1 is 1.00 bits per heavy atom. The van der Waals surface area contributed by atoms with Gasteiger partial charge in [0.2, 0.25) is 0 Å². The summed E-state index contributed by atoms with van der Waals surface area (Å²) in [4.78, 5) is 0. The van der Waals surface area contributed by atoms with Gasteiger partial charge in [-0.15, -0.1) is 0 Å². The van der Waals surface area contributed by atoms with E-state index in [0.717, 1.165) is 17.3 Å². The molecule has 2 rings (SSSR count). The molecule has 0 N–H and O–H groups in total. The monoisotopic (exact) mass is 208 g/mol. The first-order valence-corrected chi connectivity index (χ1v) is 7.28. The van der Waals surface area contributed by atoms with Gasteiger partial charge in [-0.3, -0.25) is 0 Å². The lowest BCUT2D eigenvalue weighted by atomic mass is 9.57. The van der Waals surface area contributed by atoms with Crippen LogP contribution in [0.25, 0.3) is 0 Å². The van der Waals surface area contributed by atoms with Crippen molar-refractivity contribution in [3.8, 4) is 0 Å². The van der Waals surface area contributed by atoms with E-state index < -0.39 is 0 Å². The van der Waals surface area contributed by atoms with Crippen molar-refractivity contribution in [2.45, 2.75) is 78.1 Å². The van der Waals surface area contributed by atoms with Gasteiger partial charge in [-0.25, -0.2) is 0 Å². The van der Waals surface area contributed by atoms with E-state index in [1.165, 1.54) is 32.1 Å². The first-order valence-electron chi connectivity index (χ1n) is 7.28. The average Bonchev–Trinajstić information content (AvgIpc) is 2.67. The Labute approximate surface area is 95.8 Å². The van der Waals surface area contributed by atoms with E-state index in [9.17, 15) is 0 Å². The maximum atomic E-state index is 2.40. The van der Waals surface area contributed by atoms with Gasteiger partial charge in [0.15, 0.2) is 0 Å². The molecule has 2 fully saturated rings. The molecule has 0 radical (unpaired) electrons. The van der Waals surface area contributed by atoms with E-state index in [2.05, 4.69) is 13.8 Å². The third-order valence-corrected chi connectivity index (χ3v) is 5.12. The highest BCUT2D eigenvalue weighted by Gasteiger charge is 2.42. The quantitative estimate of drug-likeness (QED) is 0.584. The Hall–Kier alpha value is 0. The van der Waals surface area contributed by atoms with Crippen molar-refractivity contribution in [2.24, 2.45) is 17.3 Å². The third kappa shape index (κ3) is 2.57. The van der Waals surface area contributed by atoms with E-state index in [-0.39, 0.29) is 0 Å². The molecule has 0 aromatic heterocycles. The molecule has 2 aliphatic rings. The van der Waals surface area contributed by atoms with Crippen molar-refractivity contribution in [1.29, 1.82) is 0 Å². The minimum absolute atomic E-state index is 0.790. The van der Waals surface area contributed by atoms with Gasteiger partial charge in [0.05, 0.1) is 0 Å². The van der Waals surface area contributed by atoms with Crippen molar-refractivity contribution in [3.05, 3.63) is 0 Å². The Morgan fingerprint density at radius 3 is 2.20 bits per heavy atom. The molecular formula is C15H28. The molecule has 0 heteroatoms. The van der Waals surface area contributed by atoms with Crippen LogP contribution in [0.2, 0.25) is 0 Å². The fourth-order valence-corrected chi connectivity index (χ4v) is 4.25. The van der Waals surface area contributed by atoms with Gasteiger partial charge in [-0.05, 0) is 42.9 Å². The summed E-state index contributed by atoms with van der Waals surface area (Å²) in [6.07, 6.45) is 15.1. The van der Waals surface area contributed by atoms with E-state index in [1.807, 2.05) is 0 Å². The second-order valence-electron chi connectivity index (χ2n) is 6.26. The van der Waals surface area contributed by atoms with Gasteiger partial charge in [-0.1, -0.05) is 52.4 Å². The van der Waals surface area contributed by atoms with Crippen LogP contribution in [-0.2, 0) is 0 Å². The van der Waals surface area contributed by atoms with E-state index in [0.29, 0.717) is 0 Å². The predicted molar refractivity (Wildman–Crippen MR) is 66.9 cm³/mol. The number of rotatable bonds is 5. The number of hydrogen-bond donors (Lipinski definition) is 0. The zero-order valence-corrected chi connectivity index (χ0v) is 10.7. The summed E-state index contributed by atoms with van der Waals surface area (Å²) in [5, 5.41) is 0. The lowest BCUT2D eigenvalue weighted by Crippen LogP contribution is -2.37. The van der Waals surface area contributed by atoms with Crippen LogP contribution in [0.4, 0.5) is 0 Å². The van der Waals surface area contributed by atoms with Crippen LogP contribution in [0.1, 0.15) is 78.1 Å². The van der Waals surface area contributed by atoms with E-state index >= 15 is 0 Å². The van der Waals surface area contributed by atoms with Gasteiger partial charge < -0.3 is 0 Å². The summed E-state index contributed by atoms with van der Waals surface area (Å²) in [7, 11) is 0. The fraction of sp³-hybridized carbons (Fsp3) is 1.00. The second kappa shape index (κ2) is 4.89. The molecule has 15 heavy (non-hydrogen) atoms. The van der Waals surface area contributed by atoms with Crippen LogP contribution in [0.5, 0.6) is 0 Å². The molecule has 0 aliphatic heterocycles. The first-order chi connectivity index (χ1) is 7.28. The molecule has 0 amide bonds. The molecule has 0 spiro atoms. The van der Waals surface area contributed by atoms with Crippen molar-refractivity contribution in [2.75, 3.05) is 0 Å². The lowest BCUT2D eigenvalue weighted by molar-refractivity contribution is 0.0255. The van der Waals surface area contributed by atoms with Crippen molar-refractivity contribution in [1.82, 2.24) is 0 Å². The molecule has 0 atom stereocenters. The van der Waals surface area contributed by atoms with E-state index in [4.69, 9.17) is 0 Å². The van der Waals surface area contributed by atoms with Crippen molar-refractivity contribution in [3.63, 3.8) is 0 Å². The molecule has 0 aromatic carbocycles. The van der Waals surface area contributed by atoms with Gasteiger partial charge in [0.25, 0.3) is 0 Å². The average molecular weight is 208 g/mol. The molecule has 0 nitrogen and oxygen atoms in total. The zero-order valence-electron chi connectivity index (χ0n) is 10.7. The Balaban J connectivity index is 1.71. The Bertz CT molecular complexity index is 182. The molecule has 2 aliphatic carbocycles. The molecule has 0 unspecified atom stereocenters. The molecule has 0 bridgehead atoms. The van der Waals surface area contributed by atoms with E-state index in [1.54, 1.807) is 32.1 Å².